The molecule has 0 radical (unpaired) electrons. The van der Waals surface area contributed by atoms with Crippen LogP contribution in [0.2, 0.25) is 5.02 Å². The highest BCUT2D eigenvalue weighted by atomic mass is 35.5. The predicted octanol–water partition coefficient (Wildman–Crippen LogP) is 3.62. The molecule has 0 unspecified atom stereocenters. The molecule has 0 atom stereocenters. The molecule has 1 aliphatic rings. The molecular formula is C18H20ClN3O2S. The van der Waals surface area contributed by atoms with Crippen LogP contribution in [0.5, 0.6) is 0 Å². The monoisotopic (exact) mass is 377 g/mol. The van der Waals surface area contributed by atoms with E-state index in [1.54, 1.807) is 11.3 Å². The highest BCUT2D eigenvalue weighted by molar-refractivity contribution is 7.15. The topological polar surface area (TPSA) is 75.4 Å². The van der Waals surface area contributed by atoms with Crippen molar-refractivity contribution >= 4 is 34.9 Å². The summed E-state index contributed by atoms with van der Waals surface area (Å²) in [6.07, 6.45) is 2.57. The lowest BCUT2D eigenvalue weighted by Gasteiger charge is -2.20. The molecule has 1 aliphatic carbocycles. The average molecular weight is 378 g/mol. The first-order chi connectivity index (χ1) is 12.0. The second-order valence-electron chi connectivity index (χ2n) is 6.11. The molecule has 1 heterocycles. The smallest absolute Gasteiger partial charge is 0.318 e. The largest absolute Gasteiger partial charge is 0.351 e. The second-order valence-corrected chi connectivity index (χ2v) is 7.69. The van der Waals surface area contributed by atoms with Gasteiger partial charge in [0, 0.05) is 45.9 Å². The summed E-state index contributed by atoms with van der Waals surface area (Å²) in [7, 11) is 0. The number of nitrogens with one attached hydrogen (secondary N) is 1. The number of carbonyl (C=O) groups is 2. The van der Waals surface area contributed by atoms with Gasteiger partial charge in [0.2, 0.25) is 5.91 Å². The normalized spacial score (nSPS) is 13.8. The molecule has 2 aromatic rings. The van der Waals surface area contributed by atoms with E-state index in [0.29, 0.717) is 12.6 Å². The summed E-state index contributed by atoms with van der Waals surface area (Å²) in [5.41, 5.74) is 6.01. The summed E-state index contributed by atoms with van der Waals surface area (Å²) in [6.45, 7) is 1.41. The van der Waals surface area contributed by atoms with Crippen LogP contribution in [0.25, 0.3) is 10.4 Å². The average Bonchev–Trinajstić information content (AvgIpc) is 3.30. The molecule has 0 bridgehead atoms. The van der Waals surface area contributed by atoms with Gasteiger partial charge in [-0.25, -0.2) is 4.79 Å². The van der Waals surface area contributed by atoms with Gasteiger partial charge in [-0.2, -0.15) is 0 Å². The Hall–Kier alpha value is -1.89. The first-order valence-electron chi connectivity index (χ1n) is 8.20. The molecule has 1 saturated carbocycles. The van der Waals surface area contributed by atoms with E-state index in [1.807, 2.05) is 24.3 Å². The number of hydrogen-bond donors (Lipinski definition) is 2. The number of carbonyl (C=O) groups excluding carboxylic acids is 2. The molecule has 1 aromatic carbocycles. The van der Waals surface area contributed by atoms with Crippen LogP contribution in [0, 0.1) is 0 Å². The third-order valence-electron chi connectivity index (χ3n) is 4.11. The molecular weight excluding hydrogens is 358 g/mol. The third-order valence-corrected chi connectivity index (χ3v) is 5.54. The summed E-state index contributed by atoms with van der Waals surface area (Å²) in [4.78, 5) is 27.0. The molecule has 0 aliphatic heterocycles. The van der Waals surface area contributed by atoms with Crippen LogP contribution in [0.4, 0.5) is 4.79 Å². The van der Waals surface area contributed by atoms with Crippen LogP contribution < -0.4 is 11.1 Å². The second kappa shape index (κ2) is 7.99. The zero-order valence-corrected chi connectivity index (χ0v) is 15.3. The molecule has 1 aromatic heterocycles. The lowest BCUT2D eigenvalue weighted by molar-refractivity contribution is -0.120. The van der Waals surface area contributed by atoms with E-state index in [1.165, 1.54) is 4.88 Å². The summed E-state index contributed by atoms with van der Waals surface area (Å²) in [5.74, 6) is -0.332. The molecule has 3 amide bonds. The van der Waals surface area contributed by atoms with Gasteiger partial charge in [0.1, 0.15) is 0 Å². The molecule has 0 saturated heterocycles. The summed E-state index contributed by atoms with van der Waals surface area (Å²) in [5, 5.41) is 2.86. The number of rotatable bonds is 7. The quantitative estimate of drug-likeness (QED) is 0.773. The minimum atomic E-state index is -0.800. The minimum absolute atomic E-state index is 0.266. The zero-order valence-electron chi connectivity index (χ0n) is 13.7. The van der Waals surface area contributed by atoms with E-state index < -0.39 is 6.03 Å². The van der Waals surface area contributed by atoms with Gasteiger partial charge in [-0.3, -0.25) is 15.0 Å². The van der Waals surface area contributed by atoms with Crippen LogP contribution in [0.1, 0.15) is 24.1 Å². The molecule has 132 valence electrons. The Morgan fingerprint density at radius 3 is 2.68 bits per heavy atom. The van der Waals surface area contributed by atoms with E-state index in [9.17, 15) is 9.59 Å². The SMILES string of the molecule is NC(=O)NC(=O)CCN(Cc1ccc(-c2ccccc2Cl)s1)C1CC1. The van der Waals surface area contributed by atoms with Gasteiger partial charge in [0.15, 0.2) is 0 Å². The summed E-state index contributed by atoms with van der Waals surface area (Å²) >= 11 is 7.99. The lowest BCUT2D eigenvalue weighted by Crippen LogP contribution is -2.37. The van der Waals surface area contributed by atoms with Crippen LogP contribution >= 0.6 is 22.9 Å². The van der Waals surface area contributed by atoms with Crippen LogP contribution in [0.3, 0.4) is 0 Å². The number of amides is 3. The number of nitrogens with zero attached hydrogens (tertiary/aromatic N) is 1. The molecule has 7 heteroatoms. The van der Waals surface area contributed by atoms with Crippen LogP contribution in [0.15, 0.2) is 36.4 Å². The number of hydrogen-bond acceptors (Lipinski definition) is 4. The fraction of sp³-hybridized carbons (Fsp3) is 0.333. The molecule has 3 rings (SSSR count). The predicted molar refractivity (Wildman–Crippen MR) is 101 cm³/mol. The molecule has 1 fully saturated rings. The molecule has 3 N–H and O–H groups in total. The maximum atomic E-state index is 11.6. The number of benzene rings is 1. The number of imide groups is 1. The standard InChI is InChI=1S/C18H20ClN3O2S/c19-15-4-2-1-3-14(15)16-8-7-13(25-16)11-22(12-5-6-12)10-9-17(23)21-18(20)24/h1-4,7-8,12H,5-6,9-11H2,(H3,20,21,23,24). The number of nitrogens with two attached hydrogens (primary N) is 1. The van der Waals surface area contributed by atoms with Crippen molar-refractivity contribution in [3.8, 4) is 10.4 Å². The van der Waals surface area contributed by atoms with Crippen molar-refractivity contribution in [1.29, 1.82) is 0 Å². The van der Waals surface area contributed by atoms with Gasteiger partial charge in [-0.05, 0) is 31.0 Å². The van der Waals surface area contributed by atoms with Crippen molar-refractivity contribution in [2.75, 3.05) is 6.54 Å². The molecule has 0 spiro atoms. The van der Waals surface area contributed by atoms with E-state index in [-0.39, 0.29) is 12.3 Å². The Kier molecular flexibility index (Phi) is 5.73. The van der Waals surface area contributed by atoms with Crippen molar-refractivity contribution in [3.63, 3.8) is 0 Å². The molecule has 25 heavy (non-hydrogen) atoms. The first-order valence-corrected chi connectivity index (χ1v) is 9.39. The Morgan fingerprint density at radius 2 is 2.00 bits per heavy atom. The van der Waals surface area contributed by atoms with Gasteiger partial charge in [0.05, 0.1) is 0 Å². The van der Waals surface area contributed by atoms with E-state index in [2.05, 4.69) is 22.3 Å². The Morgan fingerprint density at radius 1 is 1.24 bits per heavy atom. The Labute approximate surface area is 155 Å². The number of halogens is 1. The van der Waals surface area contributed by atoms with E-state index in [0.717, 1.165) is 34.8 Å². The van der Waals surface area contributed by atoms with Gasteiger partial charge in [-0.1, -0.05) is 29.8 Å². The van der Waals surface area contributed by atoms with Crippen molar-refractivity contribution in [2.24, 2.45) is 5.73 Å². The Bertz CT molecular complexity index is 773. The van der Waals surface area contributed by atoms with Crippen molar-refractivity contribution < 1.29 is 9.59 Å². The maximum Gasteiger partial charge on any atom is 0.318 e. The van der Waals surface area contributed by atoms with E-state index >= 15 is 0 Å². The van der Waals surface area contributed by atoms with Gasteiger partial charge in [0.25, 0.3) is 0 Å². The first kappa shape index (κ1) is 17.9. The van der Waals surface area contributed by atoms with Crippen LogP contribution in [-0.4, -0.2) is 29.4 Å². The Balaban J connectivity index is 1.62. The number of primary amides is 1. The van der Waals surface area contributed by atoms with Crippen molar-refractivity contribution in [2.45, 2.75) is 31.8 Å². The summed E-state index contributed by atoms with van der Waals surface area (Å²) < 4.78 is 0. The zero-order chi connectivity index (χ0) is 17.8. The van der Waals surface area contributed by atoms with Crippen LogP contribution in [-0.2, 0) is 11.3 Å². The highest BCUT2D eigenvalue weighted by Gasteiger charge is 2.29. The van der Waals surface area contributed by atoms with Gasteiger partial charge < -0.3 is 5.73 Å². The van der Waals surface area contributed by atoms with Gasteiger partial charge >= 0.3 is 6.03 Å². The highest BCUT2D eigenvalue weighted by Crippen LogP contribution is 2.35. The van der Waals surface area contributed by atoms with Crippen molar-refractivity contribution in [1.82, 2.24) is 10.2 Å². The fourth-order valence-corrected chi connectivity index (χ4v) is 4.11. The van der Waals surface area contributed by atoms with Crippen molar-refractivity contribution in [3.05, 3.63) is 46.3 Å². The third kappa shape index (κ3) is 5.04. The molecule has 5 nitrogen and oxygen atoms in total. The number of thiophene rings is 1. The fourth-order valence-electron chi connectivity index (χ4n) is 2.74. The number of urea groups is 1. The minimum Gasteiger partial charge on any atom is -0.351 e. The summed E-state index contributed by atoms with van der Waals surface area (Å²) in [6, 6.07) is 11.7. The maximum absolute atomic E-state index is 11.6. The lowest BCUT2D eigenvalue weighted by atomic mass is 10.2. The van der Waals surface area contributed by atoms with E-state index in [4.69, 9.17) is 17.3 Å². The van der Waals surface area contributed by atoms with Gasteiger partial charge in [-0.15, -0.1) is 11.3 Å².